The molecule has 6 nitrogen and oxygen atoms in total. The van der Waals surface area contributed by atoms with Crippen LogP contribution in [0.5, 0.6) is 5.88 Å². The number of pyridine rings is 1. The molecule has 21 heavy (non-hydrogen) atoms. The van der Waals surface area contributed by atoms with Gasteiger partial charge in [0.1, 0.15) is 6.61 Å². The van der Waals surface area contributed by atoms with Gasteiger partial charge in [-0.3, -0.25) is 4.99 Å². The first-order valence-electron chi connectivity index (χ1n) is 7.33. The Kier molecular flexibility index (Phi) is 6.27. The van der Waals surface area contributed by atoms with Crippen LogP contribution < -0.4 is 15.4 Å². The Morgan fingerprint density at radius 3 is 2.95 bits per heavy atom. The van der Waals surface area contributed by atoms with Crippen LogP contribution >= 0.6 is 0 Å². The number of aliphatic imine (C=N–C) groups is 1. The molecule has 0 aliphatic heterocycles. The molecule has 0 amide bonds. The number of aromatic nitrogens is 1. The number of nitrogens with zero attached hydrogens (tertiary/aromatic N) is 2. The molecule has 6 heteroatoms. The van der Waals surface area contributed by atoms with Crippen LogP contribution in [0.2, 0.25) is 0 Å². The largest absolute Gasteiger partial charge is 0.475 e. The standard InChI is InChI=1S/C15H24N4O2/c1-16-15(18-10-12-5-6-12)19-11-13-4-3-7-17-14(13)21-9-8-20-2/h3-4,7,12H,5-6,8-11H2,1-2H3,(H2,16,18,19). The van der Waals surface area contributed by atoms with E-state index in [1.165, 1.54) is 12.8 Å². The van der Waals surface area contributed by atoms with E-state index in [0.717, 1.165) is 24.0 Å². The van der Waals surface area contributed by atoms with E-state index < -0.39 is 0 Å². The quantitative estimate of drug-likeness (QED) is 0.428. The molecule has 1 aromatic rings. The van der Waals surface area contributed by atoms with Gasteiger partial charge in [0.25, 0.3) is 0 Å². The van der Waals surface area contributed by atoms with Gasteiger partial charge in [0.05, 0.1) is 6.61 Å². The van der Waals surface area contributed by atoms with Gasteiger partial charge < -0.3 is 20.1 Å². The first-order valence-corrected chi connectivity index (χ1v) is 7.33. The first-order chi connectivity index (χ1) is 10.3. The van der Waals surface area contributed by atoms with E-state index in [9.17, 15) is 0 Å². The lowest BCUT2D eigenvalue weighted by molar-refractivity contribution is 0.143. The molecule has 1 saturated carbocycles. The van der Waals surface area contributed by atoms with Crippen molar-refractivity contribution in [2.45, 2.75) is 19.4 Å². The van der Waals surface area contributed by atoms with Crippen LogP contribution in [0.3, 0.4) is 0 Å². The van der Waals surface area contributed by atoms with Gasteiger partial charge in [0, 0.05) is 39.0 Å². The lowest BCUT2D eigenvalue weighted by Crippen LogP contribution is -2.38. The SMILES string of the molecule is CN=C(NCc1cccnc1OCCOC)NCC1CC1. The zero-order chi connectivity index (χ0) is 14.9. The summed E-state index contributed by atoms with van der Waals surface area (Å²) in [6.07, 6.45) is 4.37. The van der Waals surface area contributed by atoms with Crippen LogP contribution in [0, 0.1) is 5.92 Å². The van der Waals surface area contributed by atoms with Gasteiger partial charge in [0.15, 0.2) is 5.96 Å². The highest BCUT2D eigenvalue weighted by Crippen LogP contribution is 2.27. The Hall–Kier alpha value is -1.82. The maximum atomic E-state index is 5.62. The molecular formula is C15H24N4O2. The number of rotatable bonds is 8. The van der Waals surface area contributed by atoms with Crippen LogP contribution in [0.25, 0.3) is 0 Å². The number of hydrogen-bond acceptors (Lipinski definition) is 4. The van der Waals surface area contributed by atoms with Crippen molar-refractivity contribution in [2.75, 3.05) is 33.9 Å². The monoisotopic (exact) mass is 292 g/mol. The molecule has 1 fully saturated rings. The molecule has 116 valence electrons. The highest BCUT2D eigenvalue weighted by molar-refractivity contribution is 5.79. The summed E-state index contributed by atoms with van der Waals surface area (Å²) < 4.78 is 10.6. The average Bonchev–Trinajstić information content (AvgIpc) is 3.33. The Balaban J connectivity index is 1.82. The lowest BCUT2D eigenvalue weighted by atomic mass is 10.2. The zero-order valence-electron chi connectivity index (χ0n) is 12.8. The third-order valence-corrected chi connectivity index (χ3v) is 3.30. The highest BCUT2D eigenvalue weighted by Gasteiger charge is 2.21. The lowest BCUT2D eigenvalue weighted by Gasteiger charge is -2.13. The molecule has 0 spiro atoms. The van der Waals surface area contributed by atoms with Gasteiger partial charge in [-0.25, -0.2) is 4.98 Å². The normalized spacial score (nSPS) is 14.9. The Morgan fingerprint density at radius 2 is 2.24 bits per heavy atom. The van der Waals surface area contributed by atoms with E-state index in [2.05, 4.69) is 20.6 Å². The molecule has 0 radical (unpaired) electrons. The minimum atomic E-state index is 0.495. The van der Waals surface area contributed by atoms with Crippen molar-refractivity contribution in [1.82, 2.24) is 15.6 Å². The second-order valence-electron chi connectivity index (χ2n) is 5.06. The maximum absolute atomic E-state index is 5.62. The van der Waals surface area contributed by atoms with E-state index in [4.69, 9.17) is 9.47 Å². The van der Waals surface area contributed by atoms with Crippen LogP contribution in [0.4, 0.5) is 0 Å². The average molecular weight is 292 g/mol. The summed E-state index contributed by atoms with van der Waals surface area (Å²) in [5, 5.41) is 6.62. The van der Waals surface area contributed by atoms with Crippen molar-refractivity contribution in [1.29, 1.82) is 0 Å². The van der Waals surface area contributed by atoms with Crippen molar-refractivity contribution in [3.05, 3.63) is 23.9 Å². The minimum Gasteiger partial charge on any atom is -0.475 e. The molecule has 0 saturated heterocycles. The predicted octanol–water partition coefficient (Wildman–Crippen LogP) is 1.18. The van der Waals surface area contributed by atoms with Crippen LogP contribution in [-0.4, -0.2) is 44.9 Å². The molecule has 1 aliphatic rings. The molecule has 1 aromatic heterocycles. The van der Waals surface area contributed by atoms with Gasteiger partial charge in [0.2, 0.25) is 5.88 Å². The van der Waals surface area contributed by atoms with Gasteiger partial charge in [-0.15, -0.1) is 0 Å². The van der Waals surface area contributed by atoms with Crippen molar-refractivity contribution >= 4 is 5.96 Å². The number of hydrogen-bond donors (Lipinski definition) is 2. The van der Waals surface area contributed by atoms with Crippen molar-refractivity contribution in [3.8, 4) is 5.88 Å². The number of methoxy groups -OCH3 is 1. The molecule has 0 atom stereocenters. The fraction of sp³-hybridized carbons (Fsp3) is 0.600. The van der Waals surface area contributed by atoms with E-state index >= 15 is 0 Å². The highest BCUT2D eigenvalue weighted by atomic mass is 16.5. The second-order valence-corrected chi connectivity index (χ2v) is 5.06. The van der Waals surface area contributed by atoms with Gasteiger partial charge in [-0.2, -0.15) is 0 Å². The van der Waals surface area contributed by atoms with E-state index in [1.54, 1.807) is 20.4 Å². The summed E-state index contributed by atoms with van der Waals surface area (Å²) in [6.45, 7) is 2.66. The molecule has 0 unspecified atom stereocenters. The van der Waals surface area contributed by atoms with Crippen molar-refractivity contribution in [3.63, 3.8) is 0 Å². The van der Waals surface area contributed by atoms with Crippen LogP contribution in [0.1, 0.15) is 18.4 Å². The second kappa shape index (κ2) is 8.46. The summed E-state index contributed by atoms with van der Waals surface area (Å²) in [5.74, 6) is 2.27. The van der Waals surface area contributed by atoms with Gasteiger partial charge in [-0.05, 0) is 24.8 Å². The fourth-order valence-electron chi connectivity index (χ4n) is 1.87. The molecule has 0 bridgehead atoms. The predicted molar refractivity (Wildman–Crippen MR) is 82.5 cm³/mol. The number of guanidine groups is 1. The Morgan fingerprint density at radius 1 is 1.38 bits per heavy atom. The van der Waals surface area contributed by atoms with E-state index in [0.29, 0.717) is 25.6 Å². The Bertz CT molecular complexity index is 461. The summed E-state index contributed by atoms with van der Waals surface area (Å²) in [5.41, 5.74) is 1.00. The molecule has 2 N–H and O–H groups in total. The smallest absolute Gasteiger partial charge is 0.218 e. The molecule has 2 rings (SSSR count). The topological polar surface area (TPSA) is 67.8 Å². The number of ether oxygens (including phenoxy) is 2. The molecule has 0 aromatic carbocycles. The molecular weight excluding hydrogens is 268 g/mol. The minimum absolute atomic E-state index is 0.495. The first kappa shape index (κ1) is 15.6. The van der Waals surface area contributed by atoms with Crippen LogP contribution in [-0.2, 0) is 11.3 Å². The fourth-order valence-corrected chi connectivity index (χ4v) is 1.87. The van der Waals surface area contributed by atoms with E-state index in [1.807, 2.05) is 12.1 Å². The van der Waals surface area contributed by atoms with E-state index in [-0.39, 0.29) is 0 Å². The summed E-state index contributed by atoms with van der Waals surface area (Å²) in [4.78, 5) is 8.48. The third-order valence-electron chi connectivity index (χ3n) is 3.30. The van der Waals surface area contributed by atoms with Crippen molar-refractivity contribution < 1.29 is 9.47 Å². The van der Waals surface area contributed by atoms with Crippen LogP contribution in [0.15, 0.2) is 23.3 Å². The Labute approximate surface area is 126 Å². The van der Waals surface area contributed by atoms with Crippen molar-refractivity contribution in [2.24, 2.45) is 10.9 Å². The van der Waals surface area contributed by atoms with Gasteiger partial charge >= 0.3 is 0 Å². The summed E-state index contributed by atoms with van der Waals surface area (Å²) in [7, 11) is 3.43. The number of nitrogens with one attached hydrogen (secondary N) is 2. The maximum Gasteiger partial charge on any atom is 0.218 e. The summed E-state index contributed by atoms with van der Waals surface area (Å²) >= 11 is 0. The summed E-state index contributed by atoms with van der Waals surface area (Å²) in [6, 6.07) is 3.90. The third kappa shape index (κ3) is 5.59. The van der Waals surface area contributed by atoms with Gasteiger partial charge in [-0.1, -0.05) is 6.07 Å². The molecule has 1 aliphatic carbocycles. The zero-order valence-corrected chi connectivity index (χ0v) is 12.8. The molecule has 1 heterocycles.